The maximum Gasteiger partial charge on any atom is 0.253 e. The van der Waals surface area contributed by atoms with Gasteiger partial charge < -0.3 is 24.3 Å². The van der Waals surface area contributed by atoms with Crippen molar-refractivity contribution in [3.63, 3.8) is 0 Å². The van der Waals surface area contributed by atoms with E-state index in [9.17, 15) is 9.59 Å². The van der Waals surface area contributed by atoms with Crippen LogP contribution in [0.1, 0.15) is 33.9 Å². The summed E-state index contributed by atoms with van der Waals surface area (Å²) in [6.45, 7) is 0. The van der Waals surface area contributed by atoms with Crippen molar-refractivity contribution in [2.75, 3.05) is 28.4 Å². The summed E-state index contributed by atoms with van der Waals surface area (Å²) in [4.78, 5) is 30.0. The number of fused-ring (bicyclic) bond motifs is 3. The molecule has 1 heterocycles. The van der Waals surface area contributed by atoms with Crippen LogP contribution in [0.15, 0.2) is 47.5 Å². The van der Waals surface area contributed by atoms with Crippen molar-refractivity contribution in [1.82, 2.24) is 10.3 Å². The highest BCUT2D eigenvalue weighted by Gasteiger charge is 2.32. The zero-order chi connectivity index (χ0) is 25.1. The first-order valence-electron chi connectivity index (χ1n) is 10.9. The average molecular weight is 497 g/mol. The van der Waals surface area contributed by atoms with Gasteiger partial charge in [-0.2, -0.15) is 0 Å². The molecule has 9 heteroatoms. The van der Waals surface area contributed by atoms with Crippen LogP contribution in [0.4, 0.5) is 0 Å². The minimum atomic E-state index is -0.507. The Kier molecular flexibility index (Phi) is 7.12. The Bertz CT molecular complexity index is 1330. The highest BCUT2D eigenvalue weighted by atomic mass is 35.5. The molecule has 0 fully saturated rings. The molecule has 1 aliphatic carbocycles. The van der Waals surface area contributed by atoms with Gasteiger partial charge in [0.1, 0.15) is 0 Å². The van der Waals surface area contributed by atoms with Crippen LogP contribution in [0.2, 0.25) is 5.02 Å². The smallest absolute Gasteiger partial charge is 0.253 e. The van der Waals surface area contributed by atoms with Gasteiger partial charge >= 0.3 is 0 Å². The van der Waals surface area contributed by atoms with Crippen molar-refractivity contribution in [2.24, 2.45) is 0 Å². The zero-order valence-corrected chi connectivity index (χ0v) is 20.6. The standard InChI is InChI=1S/C26H25ClN2O6/c1-32-20-10-8-15-17(12-19(20)30)18(29-26(31)14-6-5-11-28-13-14)9-7-16-21(15)23(33-2)25(35-4)24(34-3)22(16)27/h5-6,8,10-13,18H,7,9H2,1-4H3,(H,29,31)/t18-/m0/s1. The molecule has 1 aromatic heterocycles. The van der Waals surface area contributed by atoms with E-state index in [0.29, 0.717) is 57.4 Å². The van der Waals surface area contributed by atoms with Crippen LogP contribution in [-0.2, 0) is 6.42 Å². The van der Waals surface area contributed by atoms with E-state index in [2.05, 4.69) is 10.3 Å². The number of amides is 1. The summed E-state index contributed by atoms with van der Waals surface area (Å²) in [5, 5.41) is 3.43. The number of benzene rings is 1. The van der Waals surface area contributed by atoms with E-state index in [0.717, 1.165) is 5.56 Å². The number of nitrogens with one attached hydrogen (secondary N) is 1. The molecule has 1 atom stereocenters. The second-order valence-corrected chi connectivity index (χ2v) is 8.23. The Morgan fingerprint density at radius 2 is 1.77 bits per heavy atom. The molecule has 35 heavy (non-hydrogen) atoms. The molecular formula is C26H25ClN2O6. The monoisotopic (exact) mass is 496 g/mol. The van der Waals surface area contributed by atoms with Gasteiger partial charge in [-0.15, -0.1) is 0 Å². The fraction of sp³-hybridized carbons (Fsp3) is 0.269. The molecule has 0 saturated heterocycles. The number of methoxy groups -OCH3 is 4. The molecule has 3 aromatic rings. The van der Waals surface area contributed by atoms with Crippen molar-refractivity contribution < 1.29 is 23.7 Å². The van der Waals surface area contributed by atoms with Crippen molar-refractivity contribution in [2.45, 2.75) is 18.9 Å². The minimum absolute atomic E-state index is 0.169. The molecule has 0 saturated carbocycles. The van der Waals surface area contributed by atoms with Crippen LogP contribution < -0.4 is 29.7 Å². The minimum Gasteiger partial charge on any atom is -0.493 e. The van der Waals surface area contributed by atoms with Crippen LogP contribution >= 0.6 is 11.6 Å². The lowest BCUT2D eigenvalue weighted by molar-refractivity contribution is 0.0934. The Morgan fingerprint density at radius 3 is 2.40 bits per heavy atom. The highest BCUT2D eigenvalue weighted by molar-refractivity contribution is 6.34. The van der Waals surface area contributed by atoms with Gasteiger partial charge in [-0.1, -0.05) is 17.7 Å². The molecule has 1 N–H and O–H groups in total. The van der Waals surface area contributed by atoms with Gasteiger partial charge in [0.15, 0.2) is 17.2 Å². The highest BCUT2D eigenvalue weighted by Crippen LogP contribution is 2.54. The van der Waals surface area contributed by atoms with Crippen molar-refractivity contribution in [3.8, 4) is 34.1 Å². The second-order valence-electron chi connectivity index (χ2n) is 7.85. The number of ether oxygens (including phenoxy) is 4. The summed E-state index contributed by atoms with van der Waals surface area (Å²) < 4.78 is 22.2. The Labute approximate surface area is 207 Å². The number of carbonyl (C=O) groups excluding carboxylic acids is 1. The van der Waals surface area contributed by atoms with E-state index in [1.165, 1.54) is 40.7 Å². The lowest BCUT2D eigenvalue weighted by atomic mass is 9.95. The molecule has 4 rings (SSSR count). The van der Waals surface area contributed by atoms with Crippen LogP contribution in [0, 0.1) is 0 Å². The number of rotatable bonds is 6. The topological polar surface area (TPSA) is 96.0 Å². The van der Waals surface area contributed by atoms with Crippen LogP contribution in [0.25, 0.3) is 11.1 Å². The maximum absolute atomic E-state index is 13.0. The summed E-state index contributed by atoms with van der Waals surface area (Å²) in [5.41, 5.74) is 2.79. The third-order valence-corrected chi connectivity index (χ3v) is 6.44. The van der Waals surface area contributed by atoms with Gasteiger partial charge in [0.2, 0.25) is 11.2 Å². The average Bonchev–Trinajstić information content (AvgIpc) is 3.13. The van der Waals surface area contributed by atoms with Gasteiger partial charge in [-0.3, -0.25) is 14.6 Å². The molecule has 0 spiro atoms. The molecule has 1 aliphatic rings. The lowest BCUT2D eigenvalue weighted by Crippen LogP contribution is -2.29. The lowest BCUT2D eigenvalue weighted by Gasteiger charge is -2.21. The number of aromatic nitrogens is 1. The molecule has 182 valence electrons. The summed E-state index contributed by atoms with van der Waals surface area (Å²) in [5.74, 6) is 0.971. The fourth-order valence-corrected chi connectivity index (χ4v) is 4.78. The first-order chi connectivity index (χ1) is 16.9. The van der Waals surface area contributed by atoms with Gasteiger partial charge in [0.25, 0.3) is 5.91 Å². The number of carbonyl (C=O) groups is 1. The van der Waals surface area contributed by atoms with E-state index in [1.54, 1.807) is 30.5 Å². The van der Waals surface area contributed by atoms with E-state index >= 15 is 0 Å². The van der Waals surface area contributed by atoms with Gasteiger partial charge in [-0.25, -0.2) is 0 Å². The normalized spacial score (nSPS) is 14.1. The van der Waals surface area contributed by atoms with Gasteiger partial charge in [0, 0.05) is 18.0 Å². The van der Waals surface area contributed by atoms with Crippen molar-refractivity contribution in [3.05, 3.63) is 74.7 Å². The van der Waals surface area contributed by atoms with E-state index in [1.807, 2.05) is 0 Å². The van der Waals surface area contributed by atoms with Gasteiger partial charge in [0.05, 0.1) is 45.1 Å². The number of hydrogen-bond donors (Lipinski definition) is 1. The molecule has 8 nitrogen and oxygen atoms in total. The van der Waals surface area contributed by atoms with Crippen LogP contribution in [0.5, 0.6) is 23.0 Å². The quantitative estimate of drug-likeness (QED) is 0.546. The SMILES string of the molecule is COc1c(Cl)c2c(c(OC)c1OC)-c1ccc(OC)c(=O)cc1[C@@H](NC(=O)c1cccnc1)CC2. The van der Waals surface area contributed by atoms with Gasteiger partial charge in [-0.05, 0) is 53.8 Å². The van der Waals surface area contributed by atoms with E-state index < -0.39 is 6.04 Å². The first kappa shape index (κ1) is 24.3. The molecule has 0 bridgehead atoms. The van der Waals surface area contributed by atoms with Crippen molar-refractivity contribution in [1.29, 1.82) is 0 Å². The molecule has 0 radical (unpaired) electrons. The number of halogens is 1. The van der Waals surface area contributed by atoms with Crippen LogP contribution in [-0.4, -0.2) is 39.3 Å². The molecule has 1 amide bonds. The molecule has 2 aromatic carbocycles. The third-order valence-electron chi connectivity index (χ3n) is 6.04. The zero-order valence-electron chi connectivity index (χ0n) is 19.8. The molecular weight excluding hydrogens is 472 g/mol. The largest absolute Gasteiger partial charge is 0.493 e. The van der Waals surface area contributed by atoms with E-state index in [-0.39, 0.29) is 17.1 Å². The maximum atomic E-state index is 13.0. The number of nitrogens with zero attached hydrogens (tertiary/aromatic N) is 1. The summed E-state index contributed by atoms with van der Waals surface area (Å²) in [7, 11) is 5.97. The molecule has 0 unspecified atom stereocenters. The fourth-order valence-electron chi connectivity index (χ4n) is 4.43. The Hall–Kier alpha value is -3.78. The first-order valence-corrected chi connectivity index (χ1v) is 11.3. The molecule has 0 aliphatic heterocycles. The van der Waals surface area contributed by atoms with E-state index in [4.69, 9.17) is 30.5 Å². The predicted octanol–water partition coefficient (Wildman–Crippen LogP) is 4.21. The Balaban J connectivity index is 1.99. The summed E-state index contributed by atoms with van der Waals surface area (Å²) in [6, 6.07) is 7.72. The third kappa shape index (κ3) is 4.37. The predicted molar refractivity (Wildman–Crippen MR) is 132 cm³/mol. The Morgan fingerprint density at radius 1 is 1.03 bits per heavy atom. The second kappa shape index (κ2) is 10.2. The van der Waals surface area contributed by atoms with Crippen molar-refractivity contribution >= 4 is 17.5 Å². The number of hydrogen-bond acceptors (Lipinski definition) is 7. The number of pyridine rings is 1. The summed E-state index contributed by atoms with van der Waals surface area (Å²) >= 11 is 6.81. The van der Waals surface area contributed by atoms with Crippen LogP contribution in [0.3, 0.4) is 0 Å². The summed E-state index contributed by atoms with van der Waals surface area (Å²) in [6.07, 6.45) is 4.03.